The van der Waals surface area contributed by atoms with Crippen molar-refractivity contribution in [2.45, 2.75) is 38.3 Å². The van der Waals surface area contributed by atoms with Gasteiger partial charge in [0.15, 0.2) is 5.78 Å². The third-order valence-electron chi connectivity index (χ3n) is 5.11. The number of allylic oxidation sites excluding steroid dienone is 1. The first kappa shape index (κ1) is 18.3. The summed E-state index contributed by atoms with van der Waals surface area (Å²) < 4.78 is 0. The Bertz CT molecular complexity index is 714. The van der Waals surface area contributed by atoms with E-state index in [0.717, 1.165) is 12.0 Å². The van der Waals surface area contributed by atoms with Gasteiger partial charge in [-0.15, -0.1) is 0 Å². The fourth-order valence-electron chi connectivity index (χ4n) is 3.76. The van der Waals surface area contributed by atoms with E-state index in [1.165, 1.54) is 0 Å². The molecule has 1 aliphatic heterocycles. The summed E-state index contributed by atoms with van der Waals surface area (Å²) in [7, 11) is 0. The molecular weight excluding hydrogens is 332 g/mol. The predicted molar refractivity (Wildman–Crippen MR) is 95.9 cm³/mol. The summed E-state index contributed by atoms with van der Waals surface area (Å²) in [4.78, 5) is 38.9. The molecule has 2 atom stereocenters. The molecule has 1 unspecified atom stereocenters. The van der Waals surface area contributed by atoms with Gasteiger partial charge in [-0.2, -0.15) is 0 Å². The molecule has 1 aromatic rings. The summed E-state index contributed by atoms with van der Waals surface area (Å²) in [5.74, 6) is -1.23. The SMILES string of the molecule is O=C(NCc1ccccc1)C1=CCCC1C(=O)N1CCC[C@H]1C(=O)CO. The van der Waals surface area contributed by atoms with Crippen molar-refractivity contribution in [3.8, 4) is 0 Å². The smallest absolute Gasteiger partial charge is 0.247 e. The Kier molecular flexibility index (Phi) is 5.83. The number of nitrogens with zero attached hydrogens (tertiary/aromatic N) is 1. The molecule has 2 amide bonds. The van der Waals surface area contributed by atoms with E-state index < -0.39 is 18.6 Å². The van der Waals surface area contributed by atoms with Crippen LogP contribution in [0.25, 0.3) is 0 Å². The molecule has 1 aromatic carbocycles. The lowest BCUT2D eigenvalue weighted by Gasteiger charge is -2.27. The number of nitrogens with one attached hydrogen (secondary N) is 1. The molecule has 0 aromatic heterocycles. The monoisotopic (exact) mass is 356 g/mol. The van der Waals surface area contributed by atoms with Crippen molar-refractivity contribution in [3.05, 3.63) is 47.5 Å². The van der Waals surface area contributed by atoms with Gasteiger partial charge in [0, 0.05) is 18.7 Å². The highest BCUT2D eigenvalue weighted by Crippen LogP contribution is 2.31. The minimum atomic E-state index is -0.556. The van der Waals surface area contributed by atoms with E-state index in [2.05, 4.69) is 5.32 Å². The molecule has 1 saturated heterocycles. The van der Waals surface area contributed by atoms with Crippen molar-refractivity contribution in [2.24, 2.45) is 5.92 Å². The first-order valence-electron chi connectivity index (χ1n) is 9.08. The molecule has 1 fully saturated rings. The number of carbonyl (C=O) groups excluding carboxylic acids is 3. The Morgan fingerprint density at radius 3 is 2.65 bits per heavy atom. The molecule has 0 saturated carbocycles. The molecule has 6 heteroatoms. The summed E-state index contributed by atoms with van der Waals surface area (Å²) in [6, 6.07) is 9.05. The van der Waals surface area contributed by atoms with Crippen LogP contribution in [0.15, 0.2) is 42.0 Å². The van der Waals surface area contributed by atoms with E-state index in [1.54, 1.807) is 4.90 Å². The fourth-order valence-corrected chi connectivity index (χ4v) is 3.76. The molecule has 0 bridgehead atoms. The number of Topliss-reactive ketones (excluding diaryl/α,β-unsaturated/α-hetero) is 1. The summed E-state index contributed by atoms with van der Waals surface area (Å²) >= 11 is 0. The summed E-state index contributed by atoms with van der Waals surface area (Å²) in [5.41, 5.74) is 1.49. The first-order valence-corrected chi connectivity index (χ1v) is 9.08. The second-order valence-electron chi connectivity index (χ2n) is 6.77. The minimum Gasteiger partial charge on any atom is -0.389 e. The maximum Gasteiger partial charge on any atom is 0.247 e. The minimum absolute atomic E-state index is 0.173. The highest BCUT2D eigenvalue weighted by molar-refractivity contribution is 6.02. The summed E-state index contributed by atoms with van der Waals surface area (Å²) in [6.07, 6.45) is 4.41. The second-order valence-corrected chi connectivity index (χ2v) is 6.77. The average molecular weight is 356 g/mol. The Hall–Kier alpha value is -2.47. The van der Waals surface area contributed by atoms with E-state index in [4.69, 9.17) is 5.11 Å². The van der Waals surface area contributed by atoms with Crippen molar-refractivity contribution >= 4 is 17.6 Å². The van der Waals surface area contributed by atoms with Gasteiger partial charge in [0.05, 0.1) is 12.0 Å². The number of hydrogen-bond acceptors (Lipinski definition) is 4. The van der Waals surface area contributed by atoms with Crippen LogP contribution < -0.4 is 5.32 Å². The number of aliphatic hydroxyl groups is 1. The largest absolute Gasteiger partial charge is 0.389 e. The topological polar surface area (TPSA) is 86.7 Å². The molecule has 2 N–H and O–H groups in total. The second kappa shape index (κ2) is 8.27. The third kappa shape index (κ3) is 3.85. The lowest BCUT2D eigenvalue weighted by molar-refractivity contribution is -0.141. The van der Waals surface area contributed by atoms with Crippen LogP contribution in [-0.4, -0.2) is 46.8 Å². The maximum atomic E-state index is 12.9. The number of benzene rings is 1. The average Bonchev–Trinajstić information content (AvgIpc) is 3.35. The predicted octanol–water partition coefficient (Wildman–Crippen LogP) is 1.19. The van der Waals surface area contributed by atoms with Crippen LogP contribution in [0.4, 0.5) is 0 Å². The quantitative estimate of drug-likeness (QED) is 0.802. The van der Waals surface area contributed by atoms with Crippen LogP contribution in [0.2, 0.25) is 0 Å². The van der Waals surface area contributed by atoms with E-state index in [-0.39, 0.29) is 17.6 Å². The zero-order chi connectivity index (χ0) is 18.5. The van der Waals surface area contributed by atoms with E-state index in [1.807, 2.05) is 36.4 Å². The Morgan fingerprint density at radius 1 is 1.15 bits per heavy atom. The number of carbonyl (C=O) groups is 3. The summed E-state index contributed by atoms with van der Waals surface area (Å²) in [5, 5.41) is 12.0. The van der Waals surface area contributed by atoms with Crippen LogP contribution >= 0.6 is 0 Å². The number of rotatable bonds is 6. The van der Waals surface area contributed by atoms with Gasteiger partial charge in [-0.25, -0.2) is 0 Å². The van der Waals surface area contributed by atoms with Gasteiger partial charge >= 0.3 is 0 Å². The highest BCUT2D eigenvalue weighted by atomic mass is 16.3. The lowest BCUT2D eigenvalue weighted by Crippen LogP contribution is -2.45. The van der Waals surface area contributed by atoms with Crippen LogP contribution in [0.5, 0.6) is 0 Å². The lowest BCUT2D eigenvalue weighted by atomic mass is 9.98. The first-order chi connectivity index (χ1) is 12.6. The molecule has 2 aliphatic rings. The van der Waals surface area contributed by atoms with E-state index >= 15 is 0 Å². The van der Waals surface area contributed by atoms with Crippen molar-refractivity contribution in [1.82, 2.24) is 10.2 Å². The van der Waals surface area contributed by atoms with Gasteiger partial charge in [-0.1, -0.05) is 36.4 Å². The number of likely N-dealkylation sites (tertiary alicyclic amines) is 1. The van der Waals surface area contributed by atoms with Crippen LogP contribution in [0.3, 0.4) is 0 Å². The van der Waals surface area contributed by atoms with Gasteiger partial charge in [0.25, 0.3) is 0 Å². The van der Waals surface area contributed by atoms with Gasteiger partial charge in [-0.05, 0) is 31.2 Å². The molecule has 0 radical (unpaired) electrons. The number of hydrogen-bond donors (Lipinski definition) is 2. The highest BCUT2D eigenvalue weighted by Gasteiger charge is 2.40. The normalized spacial score (nSPS) is 22.2. The molecule has 138 valence electrons. The Balaban J connectivity index is 1.64. The molecular formula is C20H24N2O4. The van der Waals surface area contributed by atoms with E-state index in [0.29, 0.717) is 37.9 Å². The van der Waals surface area contributed by atoms with Crippen LogP contribution in [-0.2, 0) is 20.9 Å². The van der Waals surface area contributed by atoms with Gasteiger partial charge in [0.1, 0.15) is 6.61 Å². The standard InChI is InChI=1S/C20H24N2O4/c23-13-18(24)17-10-5-11-22(17)20(26)16-9-4-8-15(16)19(25)21-12-14-6-2-1-3-7-14/h1-3,6-8,16-17,23H,4-5,9-13H2,(H,21,25)/t16?,17-/m0/s1. The number of amides is 2. The van der Waals surface area contributed by atoms with Crippen LogP contribution in [0, 0.1) is 5.92 Å². The molecule has 1 aliphatic carbocycles. The van der Waals surface area contributed by atoms with Crippen LogP contribution in [0.1, 0.15) is 31.2 Å². The van der Waals surface area contributed by atoms with Gasteiger partial charge < -0.3 is 15.3 Å². The van der Waals surface area contributed by atoms with Gasteiger partial charge in [-0.3, -0.25) is 14.4 Å². The van der Waals surface area contributed by atoms with Gasteiger partial charge in [0.2, 0.25) is 11.8 Å². The van der Waals surface area contributed by atoms with Crippen molar-refractivity contribution in [2.75, 3.05) is 13.2 Å². The molecule has 6 nitrogen and oxygen atoms in total. The number of ketones is 1. The zero-order valence-corrected chi connectivity index (χ0v) is 14.7. The Morgan fingerprint density at radius 2 is 1.92 bits per heavy atom. The third-order valence-corrected chi connectivity index (χ3v) is 5.11. The Labute approximate surface area is 152 Å². The molecule has 3 rings (SSSR count). The number of aliphatic hydroxyl groups excluding tert-OH is 1. The van der Waals surface area contributed by atoms with Crippen molar-refractivity contribution in [3.63, 3.8) is 0 Å². The summed E-state index contributed by atoms with van der Waals surface area (Å²) in [6.45, 7) is 0.358. The molecule has 1 heterocycles. The van der Waals surface area contributed by atoms with Crippen molar-refractivity contribution < 1.29 is 19.5 Å². The molecule has 0 spiro atoms. The zero-order valence-electron chi connectivity index (χ0n) is 14.7. The van der Waals surface area contributed by atoms with Crippen molar-refractivity contribution in [1.29, 1.82) is 0 Å². The van der Waals surface area contributed by atoms with E-state index in [9.17, 15) is 14.4 Å². The maximum absolute atomic E-state index is 12.9. The molecule has 26 heavy (non-hydrogen) atoms. The fraction of sp³-hybridized carbons (Fsp3) is 0.450.